The number of carbonyl (C=O) groups excluding carboxylic acids is 1. The maximum Gasteiger partial charge on any atom is 0.237 e. The van der Waals surface area contributed by atoms with Gasteiger partial charge in [-0.15, -0.1) is 0 Å². The summed E-state index contributed by atoms with van der Waals surface area (Å²) in [5.41, 5.74) is 10.5. The molecule has 0 fully saturated rings. The molecule has 2 aromatic carbocycles. The van der Waals surface area contributed by atoms with E-state index in [9.17, 15) is 4.79 Å². The SMILES string of the molecule is Cc1ccc(CNC(=O)[C@@H](N)Cc2c[nH]c3ccccc23)cc1. The highest BCUT2D eigenvalue weighted by molar-refractivity contribution is 5.86. The molecule has 1 amide bonds. The summed E-state index contributed by atoms with van der Waals surface area (Å²) in [5.74, 6) is -0.129. The zero-order valence-corrected chi connectivity index (χ0v) is 13.2. The van der Waals surface area contributed by atoms with Crippen LogP contribution < -0.4 is 11.1 Å². The van der Waals surface area contributed by atoms with Gasteiger partial charge in [-0.25, -0.2) is 0 Å². The first-order chi connectivity index (χ1) is 11.1. The predicted molar refractivity (Wildman–Crippen MR) is 93.0 cm³/mol. The Hall–Kier alpha value is -2.59. The molecule has 0 aliphatic carbocycles. The highest BCUT2D eigenvalue weighted by atomic mass is 16.2. The van der Waals surface area contributed by atoms with E-state index in [1.807, 2.05) is 61.7 Å². The fourth-order valence-corrected chi connectivity index (χ4v) is 2.66. The number of H-pyrrole nitrogens is 1. The van der Waals surface area contributed by atoms with E-state index in [0.717, 1.165) is 22.0 Å². The van der Waals surface area contributed by atoms with Gasteiger partial charge in [0.05, 0.1) is 6.04 Å². The molecule has 118 valence electrons. The van der Waals surface area contributed by atoms with E-state index >= 15 is 0 Å². The van der Waals surface area contributed by atoms with Crippen LogP contribution in [-0.4, -0.2) is 16.9 Å². The number of fused-ring (bicyclic) bond motifs is 1. The maximum atomic E-state index is 12.2. The highest BCUT2D eigenvalue weighted by Crippen LogP contribution is 2.18. The summed E-state index contributed by atoms with van der Waals surface area (Å²) in [6, 6.07) is 15.6. The van der Waals surface area contributed by atoms with Crippen molar-refractivity contribution in [2.45, 2.75) is 25.9 Å². The number of aromatic nitrogens is 1. The van der Waals surface area contributed by atoms with Crippen molar-refractivity contribution < 1.29 is 4.79 Å². The molecule has 1 atom stereocenters. The average molecular weight is 307 g/mol. The Balaban J connectivity index is 1.60. The van der Waals surface area contributed by atoms with E-state index in [1.165, 1.54) is 5.56 Å². The van der Waals surface area contributed by atoms with Gasteiger partial charge < -0.3 is 16.0 Å². The van der Waals surface area contributed by atoms with Gasteiger partial charge in [-0.05, 0) is 30.5 Å². The summed E-state index contributed by atoms with van der Waals surface area (Å²) in [6.45, 7) is 2.54. The van der Waals surface area contributed by atoms with Crippen LogP contribution in [0.3, 0.4) is 0 Å². The molecule has 23 heavy (non-hydrogen) atoms. The van der Waals surface area contributed by atoms with E-state index in [-0.39, 0.29) is 5.91 Å². The second kappa shape index (κ2) is 6.67. The fourth-order valence-electron chi connectivity index (χ4n) is 2.66. The molecule has 4 heteroatoms. The molecule has 4 nitrogen and oxygen atoms in total. The van der Waals surface area contributed by atoms with Gasteiger partial charge in [0.1, 0.15) is 0 Å². The fraction of sp³-hybridized carbons (Fsp3) is 0.211. The lowest BCUT2D eigenvalue weighted by molar-refractivity contribution is -0.122. The zero-order chi connectivity index (χ0) is 16.2. The van der Waals surface area contributed by atoms with E-state index in [4.69, 9.17) is 5.73 Å². The molecule has 4 N–H and O–H groups in total. The number of carbonyl (C=O) groups is 1. The monoisotopic (exact) mass is 307 g/mol. The topological polar surface area (TPSA) is 70.9 Å². The maximum absolute atomic E-state index is 12.2. The molecule has 0 spiro atoms. The number of hydrogen-bond donors (Lipinski definition) is 3. The van der Waals surface area contributed by atoms with Crippen molar-refractivity contribution >= 4 is 16.8 Å². The third kappa shape index (κ3) is 3.60. The van der Waals surface area contributed by atoms with Gasteiger partial charge in [0, 0.05) is 23.6 Å². The molecule has 3 rings (SSSR count). The third-order valence-corrected chi connectivity index (χ3v) is 4.04. The number of aryl methyl sites for hydroxylation is 1. The van der Waals surface area contributed by atoms with Crippen LogP contribution in [-0.2, 0) is 17.8 Å². The first-order valence-corrected chi connectivity index (χ1v) is 7.77. The van der Waals surface area contributed by atoms with Crippen LogP contribution in [0.2, 0.25) is 0 Å². The number of aromatic amines is 1. The van der Waals surface area contributed by atoms with E-state index in [1.54, 1.807) is 0 Å². The molecule has 0 aliphatic heterocycles. The molecular weight excluding hydrogens is 286 g/mol. The molecule has 0 radical (unpaired) electrons. The number of hydrogen-bond acceptors (Lipinski definition) is 2. The zero-order valence-electron chi connectivity index (χ0n) is 13.2. The normalized spacial score (nSPS) is 12.3. The van der Waals surface area contributed by atoms with Crippen molar-refractivity contribution in [2.24, 2.45) is 5.73 Å². The lowest BCUT2D eigenvalue weighted by atomic mass is 10.0. The molecule has 0 aliphatic rings. The lowest BCUT2D eigenvalue weighted by Crippen LogP contribution is -2.41. The van der Waals surface area contributed by atoms with Crippen LogP contribution in [0.15, 0.2) is 54.7 Å². The molecule has 0 unspecified atom stereocenters. The molecule has 1 aromatic heterocycles. The van der Waals surface area contributed by atoms with Crippen molar-refractivity contribution in [1.29, 1.82) is 0 Å². The van der Waals surface area contributed by atoms with Crippen molar-refractivity contribution in [1.82, 2.24) is 10.3 Å². The largest absolute Gasteiger partial charge is 0.361 e. The Morgan fingerprint density at radius 3 is 2.70 bits per heavy atom. The van der Waals surface area contributed by atoms with Crippen LogP contribution in [0.25, 0.3) is 10.9 Å². The Morgan fingerprint density at radius 2 is 1.91 bits per heavy atom. The van der Waals surface area contributed by atoms with Gasteiger partial charge >= 0.3 is 0 Å². The van der Waals surface area contributed by atoms with Gasteiger partial charge in [-0.2, -0.15) is 0 Å². The van der Waals surface area contributed by atoms with E-state index in [0.29, 0.717) is 13.0 Å². The van der Waals surface area contributed by atoms with Crippen LogP contribution in [0, 0.1) is 6.92 Å². The first kappa shape index (κ1) is 15.3. The summed E-state index contributed by atoms with van der Waals surface area (Å²) in [6.07, 6.45) is 2.45. The van der Waals surface area contributed by atoms with Gasteiger partial charge in [0.15, 0.2) is 0 Å². The second-order valence-electron chi connectivity index (χ2n) is 5.87. The molecule has 1 heterocycles. The van der Waals surface area contributed by atoms with Crippen LogP contribution in [0.4, 0.5) is 0 Å². The van der Waals surface area contributed by atoms with Crippen molar-refractivity contribution in [2.75, 3.05) is 0 Å². The molecule has 0 saturated carbocycles. The summed E-state index contributed by atoms with van der Waals surface area (Å²) in [4.78, 5) is 15.4. The van der Waals surface area contributed by atoms with Crippen molar-refractivity contribution in [3.05, 3.63) is 71.4 Å². The quantitative estimate of drug-likeness (QED) is 0.678. The number of amides is 1. The Morgan fingerprint density at radius 1 is 1.17 bits per heavy atom. The van der Waals surface area contributed by atoms with Crippen LogP contribution >= 0.6 is 0 Å². The number of rotatable bonds is 5. The minimum Gasteiger partial charge on any atom is -0.361 e. The van der Waals surface area contributed by atoms with Gasteiger partial charge in [0.2, 0.25) is 5.91 Å². The smallest absolute Gasteiger partial charge is 0.237 e. The minimum atomic E-state index is -0.556. The number of benzene rings is 2. The third-order valence-electron chi connectivity index (χ3n) is 4.04. The summed E-state index contributed by atoms with van der Waals surface area (Å²) >= 11 is 0. The van der Waals surface area contributed by atoms with Gasteiger partial charge in [0.25, 0.3) is 0 Å². The number of nitrogens with one attached hydrogen (secondary N) is 2. The number of nitrogens with two attached hydrogens (primary N) is 1. The molecule has 0 bridgehead atoms. The van der Waals surface area contributed by atoms with E-state index < -0.39 is 6.04 Å². The van der Waals surface area contributed by atoms with Gasteiger partial charge in [-0.1, -0.05) is 48.0 Å². The standard InChI is InChI=1S/C19H21N3O/c1-13-6-8-14(9-7-13)11-22-19(23)17(20)10-15-12-21-18-5-3-2-4-16(15)18/h2-9,12,17,21H,10-11,20H2,1H3,(H,22,23)/t17-/m0/s1. The molecule has 3 aromatic rings. The Labute approximate surface area is 135 Å². The lowest BCUT2D eigenvalue weighted by Gasteiger charge is -2.12. The van der Waals surface area contributed by atoms with Crippen LogP contribution in [0.1, 0.15) is 16.7 Å². The summed E-state index contributed by atoms with van der Waals surface area (Å²) in [5, 5.41) is 4.02. The van der Waals surface area contributed by atoms with Crippen LogP contribution in [0.5, 0.6) is 0 Å². The average Bonchev–Trinajstić information content (AvgIpc) is 2.97. The second-order valence-corrected chi connectivity index (χ2v) is 5.87. The molecular formula is C19H21N3O. The molecule has 0 saturated heterocycles. The Bertz CT molecular complexity index is 805. The number of para-hydroxylation sites is 1. The summed E-state index contributed by atoms with van der Waals surface area (Å²) < 4.78 is 0. The Kier molecular flexibility index (Phi) is 4.44. The van der Waals surface area contributed by atoms with E-state index in [2.05, 4.69) is 10.3 Å². The predicted octanol–water partition coefficient (Wildman–Crippen LogP) is 2.66. The van der Waals surface area contributed by atoms with Gasteiger partial charge in [-0.3, -0.25) is 4.79 Å². The highest BCUT2D eigenvalue weighted by Gasteiger charge is 2.15. The van der Waals surface area contributed by atoms with Crippen molar-refractivity contribution in [3.63, 3.8) is 0 Å². The summed E-state index contributed by atoms with van der Waals surface area (Å²) in [7, 11) is 0. The minimum absolute atomic E-state index is 0.129. The first-order valence-electron chi connectivity index (χ1n) is 7.77. The van der Waals surface area contributed by atoms with Crippen molar-refractivity contribution in [3.8, 4) is 0 Å².